The number of hydrogen-bond acceptors (Lipinski definition) is 3. The van der Waals surface area contributed by atoms with Crippen LogP contribution in [-0.4, -0.2) is 0 Å². The van der Waals surface area contributed by atoms with E-state index in [0.29, 0.717) is 0 Å². The van der Waals surface area contributed by atoms with Crippen molar-refractivity contribution in [1.29, 1.82) is 0 Å². The van der Waals surface area contributed by atoms with Crippen molar-refractivity contribution in [1.82, 2.24) is 0 Å². The van der Waals surface area contributed by atoms with Gasteiger partial charge >= 0.3 is 0 Å². The zero-order valence-corrected chi connectivity index (χ0v) is 25.0. The van der Waals surface area contributed by atoms with Crippen LogP contribution >= 0.6 is 11.3 Å². The number of benzene rings is 7. The summed E-state index contributed by atoms with van der Waals surface area (Å²) in [6.45, 7) is 0. The van der Waals surface area contributed by atoms with Gasteiger partial charge in [0.15, 0.2) is 5.43 Å². The number of anilines is 3. The zero-order valence-electron chi connectivity index (χ0n) is 24.2. The average Bonchev–Trinajstić information content (AvgIpc) is 3.38. The summed E-state index contributed by atoms with van der Waals surface area (Å²) in [7, 11) is 0. The van der Waals surface area contributed by atoms with E-state index in [4.69, 9.17) is 0 Å². The van der Waals surface area contributed by atoms with Gasteiger partial charge in [-0.05, 0) is 81.2 Å². The van der Waals surface area contributed by atoms with E-state index in [9.17, 15) is 4.79 Å². The third-order valence-electron chi connectivity index (χ3n) is 9.85. The number of hydrogen-bond donors (Lipinski definition) is 0. The molecule has 45 heavy (non-hydrogen) atoms. The maximum absolute atomic E-state index is 14.1. The molecule has 1 aliphatic carbocycles. The van der Waals surface area contributed by atoms with Crippen LogP contribution in [0.15, 0.2) is 156 Å². The second kappa shape index (κ2) is 9.01. The zero-order chi connectivity index (χ0) is 29.7. The molecule has 0 unspecified atom stereocenters. The van der Waals surface area contributed by atoms with Crippen LogP contribution in [0.5, 0.6) is 0 Å². The molecular weight excluding hydrogens is 567 g/mol. The smallest absolute Gasteiger partial charge is 0.195 e. The van der Waals surface area contributed by atoms with Crippen molar-refractivity contribution in [3.8, 4) is 11.1 Å². The first-order valence-corrected chi connectivity index (χ1v) is 16.1. The van der Waals surface area contributed by atoms with Crippen molar-refractivity contribution in [2.75, 3.05) is 4.90 Å². The van der Waals surface area contributed by atoms with Crippen LogP contribution in [0.4, 0.5) is 17.1 Å². The molecule has 0 bridgehead atoms. The summed E-state index contributed by atoms with van der Waals surface area (Å²) >= 11 is 1.70. The molecule has 2 heterocycles. The minimum absolute atomic E-state index is 0.100. The molecule has 0 fully saturated rings. The monoisotopic (exact) mass is 591 g/mol. The van der Waals surface area contributed by atoms with Crippen LogP contribution in [0.25, 0.3) is 42.1 Å². The van der Waals surface area contributed by atoms with Gasteiger partial charge in [0, 0.05) is 25.6 Å². The number of nitrogens with zero attached hydrogens (tertiary/aromatic N) is 1. The van der Waals surface area contributed by atoms with Crippen LogP contribution in [0.1, 0.15) is 22.3 Å². The highest BCUT2D eigenvalue weighted by Crippen LogP contribution is 2.64. The second-order valence-corrected chi connectivity index (χ2v) is 13.1. The van der Waals surface area contributed by atoms with Crippen LogP contribution in [0.2, 0.25) is 0 Å². The average molecular weight is 592 g/mol. The second-order valence-electron chi connectivity index (χ2n) is 12.0. The van der Waals surface area contributed by atoms with Crippen molar-refractivity contribution in [2.24, 2.45) is 0 Å². The van der Waals surface area contributed by atoms with E-state index in [1.807, 2.05) is 18.2 Å². The third kappa shape index (κ3) is 3.15. The van der Waals surface area contributed by atoms with Gasteiger partial charge in [0.05, 0.1) is 22.5 Å². The van der Waals surface area contributed by atoms with E-state index in [-0.39, 0.29) is 5.43 Å². The highest BCUT2D eigenvalue weighted by atomic mass is 32.1. The van der Waals surface area contributed by atoms with Crippen molar-refractivity contribution < 1.29 is 0 Å². The third-order valence-corrected chi connectivity index (χ3v) is 11.0. The van der Waals surface area contributed by atoms with Gasteiger partial charge in [-0.25, -0.2) is 0 Å². The largest absolute Gasteiger partial charge is 0.309 e. The lowest BCUT2D eigenvalue weighted by Gasteiger charge is -2.45. The van der Waals surface area contributed by atoms with Crippen LogP contribution in [0.3, 0.4) is 0 Å². The standard InChI is InChI=1S/C42H25NOS/c44-41-29-16-4-10-23-39(29)45-40-25-30-28-15-3-5-17-32(28)42(35(30)24-31(40)41)33-18-6-8-20-37(33)43(38-21-9-7-19-34(38)42)36-22-11-13-26-12-1-2-14-27(26)36/h1-25H. The molecule has 1 spiro atoms. The Labute approximate surface area is 264 Å². The Hall–Kier alpha value is -5.51. The molecule has 0 atom stereocenters. The minimum Gasteiger partial charge on any atom is -0.309 e. The molecule has 2 aliphatic rings. The Kier molecular flexibility index (Phi) is 4.98. The van der Waals surface area contributed by atoms with Gasteiger partial charge in [0.25, 0.3) is 0 Å². The number of rotatable bonds is 1. The van der Waals surface area contributed by atoms with Crippen molar-refractivity contribution >= 4 is 59.3 Å². The summed E-state index contributed by atoms with van der Waals surface area (Å²) in [4.78, 5) is 16.5. The maximum atomic E-state index is 14.1. The normalized spacial score (nSPS) is 14.0. The first-order chi connectivity index (χ1) is 22.2. The lowest BCUT2D eigenvalue weighted by atomic mass is 9.64. The molecule has 0 saturated heterocycles. The quantitative estimate of drug-likeness (QED) is 0.177. The number of fused-ring (bicyclic) bond motifs is 12. The summed E-state index contributed by atoms with van der Waals surface area (Å²) in [5.41, 5.74) is 10.3. The summed E-state index contributed by atoms with van der Waals surface area (Å²) in [5.74, 6) is 0. The van der Waals surface area contributed by atoms with E-state index in [0.717, 1.165) is 37.2 Å². The highest BCUT2D eigenvalue weighted by Gasteiger charge is 2.51. The van der Waals surface area contributed by atoms with Crippen molar-refractivity contribution in [3.05, 3.63) is 184 Å². The molecule has 1 aliphatic heterocycles. The molecule has 0 amide bonds. The van der Waals surface area contributed by atoms with Crippen LogP contribution in [-0.2, 0) is 5.41 Å². The Morgan fingerprint density at radius 1 is 0.444 bits per heavy atom. The predicted octanol–water partition coefficient (Wildman–Crippen LogP) is 10.7. The van der Waals surface area contributed by atoms with Gasteiger partial charge < -0.3 is 4.90 Å². The predicted molar refractivity (Wildman–Crippen MR) is 189 cm³/mol. The van der Waals surface area contributed by atoms with E-state index in [1.165, 1.54) is 44.2 Å². The van der Waals surface area contributed by atoms with Crippen molar-refractivity contribution in [2.45, 2.75) is 5.41 Å². The Morgan fingerprint density at radius 2 is 1.04 bits per heavy atom. The molecular formula is C42H25NOS. The van der Waals surface area contributed by atoms with Crippen LogP contribution in [0, 0.1) is 0 Å². The van der Waals surface area contributed by atoms with Crippen LogP contribution < -0.4 is 10.3 Å². The summed E-state index contributed by atoms with van der Waals surface area (Å²) in [6, 6.07) is 54.2. The fraction of sp³-hybridized carbons (Fsp3) is 0.0238. The first-order valence-electron chi connectivity index (χ1n) is 15.3. The summed E-state index contributed by atoms with van der Waals surface area (Å²) in [6.07, 6.45) is 0. The SMILES string of the molecule is O=c1c2ccccc2sc2cc3c(cc12)C1(c2ccccc2-3)c2ccccc2N(c2cccc3ccccc23)c2ccccc21. The molecule has 2 nitrogen and oxygen atoms in total. The van der Waals surface area contributed by atoms with Gasteiger partial charge in [0.1, 0.15) is 0 Å². The maximum Gasteiger partial charge on any atom is 0.195 e. The lowest BCUT2D eigenvalue weighted by Crippen LogP contribution is -2.36. The van der Waals surface area contributed by atoms with Gasteiger partial charge in [-0.2, -0.15) is 0 Å². The van der Waals surface area contributed by atoms with Gasteiger partial charge in [-0.1, -0.05) is 109 Å². The Balaban J connectivity index is 1.37. The number of para-hydroxylation sites is 2. The fourth-order valence-corrected chi connectivity index (χ4v) is 9.15. The fourth-order valence-electron chi connectivity index (χ4n) is 8.06. The van der Waals surface area contributed by atoms with Gasteiger partial charge in [-0.15, -0.1) is 11.3 Å². The van der Waals surface area contributed by atoms with E-state index in [2.05, 4.69) is 138 Å². The highest BCUT2D eigenvalue weighted by molar-refractivity contribution is 7.24. The Morgan fingerprint density at radius 3 is 1.84 bits per heavy atom. The molecule has 8 aromatic rings. The van der Waals surface area contributed by atoms with E-state index < -0.39 is 5.41 Å². The topological polar surface area (TPSA) is 20.3 Å². The molecule has 210 valence electrons. The van der Waals surface area contributed by atoms with Gasteiger partial charge in [0.2, 0.25) is 0 Å². The summed E-state index contributed by atoms with van der Waals surface area (Å²) in [5, 5.41) is 4.00. The molecule has 1 aromatic heterocycles. The molecule has 7 aromatic carbocycles. The Bertz CT molecular complexity index is 2540. The molecule has 0 saturated carbocycles. The molecule has 0 radical (unpaired) electrons. The molecule has 10 rings (SSSR count). The lowest BCUT2D eigenvalue weighted by molar-refractivity contribution is 0.754. The van der Waals surface area contributed by atoms with E-state index >= 15 is 0 Å². The van der Waals surface area contributed by atoms with Crippen molar-refractivity contribution in [3.63, 3.8) is 0 Å². The first kappa shape index (κ1) is 24.9. The van der Waals surface area contributed by atoms with Gasteiger partial charge in [-0.3, -0.25) is 4.79 Å². The molecule has 3 heteroatoms. The summed E-state index contributed by atoms with van der Waals surface area (Å²) < 4.78 is 2.05. The minimum atomic E-state index is -0.586. The van der Waals surface area contributed by atoms with E-state index in [1.54, 1.807) is 11.3 Å². The molecule has 0 N–H and O–H groups in total.